The Morgan fingerprint density at radius 2 is 2.14 bits per heavy atom. The van der Waals surface area contributed by atoms with Crippen LogP contribution >= 0.6 is 15.9 Å². The largest absolute Gasteiger partial charge is 0.347 e. The zero-order valence-corrected chi connectivity index (χ0v) is 14.4. The van der Waals surface area contributed by atoms with Crippen LogP contribution in [0.25, 0.3) is 0 Å². The molecule has 1 aromatic rings. The van der Waals surface area contributed by atoms with Gasteiger partial charge in [-0.05, 0) is 31.7 Å². The first-order valence-electron chi connectivity index (χ1n) is 7.25. The molecule has 1 N–H and O–H groups in total. The number of benzene rings is 1. The molecule has 3 atom stereocenters. The molecule has 1 saturated heterocycles. The Morgan fingerprint density at radius 1 is 1.38 bits per heavy atom. The van der Waals surface area contributed by atoms with E-state index in [1.54, 1.807) is 0 Å². The van der Waals surface area contributed by atoms with Gasteiger partial charge in [-0.1, -0.05) is 22.0 Å². The Bertz CT molecular complexity index is 533. The zero-order valence-electron chi connectivity index (χ0n) is 12.0. The Kier molecular flexibility index (Phi) is 4.81. The van der Waals surface area contributed by atoms with Gasteiger partial charge in [-0.25, -0.2) is 0 Å². The second-order valence-electron chi connectivity index (χ2n) is 5.54. The van der Waals surface area contributed by atoms with Gasteiger partial charge in [-0.15, -0.1) is 0 Å². The van der Waals surface area contributed by atoms with Gasteiger partial charge in [-0.3, -0.25) is 4.21 Å². The Balaban J connectivity index is 1.84. The Hall–Kier alpha value is -0.270. The lowest BCUT2D eigenvalue weighted by atomic mass is 9.89. The molecule has 1 saturated carbocycles. The monoisotopic (exact) mass is 373 g/mol. The molecule has 1 aliphatic heterocycles. The molecule has 21 heavy (non-hydrogen) atoms. The van der Waals surface area contributed by atoms with E-state index >= 15 is 0 Å². The average molecular weight is 374 g/mol. The summed E-state index contributed by atoms with van der Waals surface area (Å²) in [6.45, 7) is 1.28. The molecule has 1 aromatic carbocycles. The van der Waals surface area contributed by atoms with Crippen molar-refractivity contribution in [1.29, 1.82) is 0 Å². The molecule has 0 radical (unpaired) electrons. The van der Waals surface area contributed by atoms with Crippen LogP contribution in [-0.4, -0.2) is 41.5 Å². The van der Waals surface area contributed by atoms with Crippen molar-refractivity contribution in [3.8, 4) is 0 Å². The van der Waals surface area contributed by atoms with Crippen molar-refractivity contribution in [2.24, 2.45) is 0 Å². The maximum Gasteiger partial charge on any atom is 0.169 e. The van der Waals surface area contributed by atoms with Gasteiger partial charge in [-0.2, -0.15) is 0 Å². The summed E-state index contributed by atoms with van der Waals surface area (Å²) in [7, 11) is 0.850. The molecule has 0 bridgehead atoms. The molecule has 1 heterocycles. The molecule has 0 amide bonds. The summed E-state index contributed by atoms with van der Waals surface area (Å²) in [5.41, 5.74) is 0. The smallest absolute Gasteiger partial charge is 0.169 e. The van der Waals surface area contributed by atoms with E-state index in [0.717, 1.165) is 22.2 Å². The van der Waals surface area contributed by atoms with Crippen LogP contribution in [0.1, 0.15) is 19.3 Å². The van der Waals surface area contributed by atoms with E-state index in [1.807, 2.05) is 31.3 Å². The van der Waals surface area contributed by atoms with Crippen LogP contribution in [0.3, 0.4) is 0 Å². The number of hydrogen-bond acceptors (Lipinski definition) is 4. The molecule has 1 spiro atoms. The number of nitrogens with one attached hydrogen (secondary N) is 1. The van der Waals surface area contributed by atoms with E-state index < -0.39 is 16.6 Å². The van der Waals surface area contributed by atoms with Crippen molar-refractivity contribution in [3.05, 3.63) is 28.7 Å². The van der Waals surface area contributed by atoms with E-state index in [0.29, 0.717) is 19.6 Å². The predicted octanol–water partition coefficient (Wildman–Crippen LogP) is 2.44. The minimum absolute atomic E-state index is 0.00356. The molecule has 3 rings (SSSR count). The van der Waals surface area contributed by atoms with Crippen LogP contribution in [0.2, 0.25) is 0 Å². The first kappa shape index (κ1) is 15.6. The third-order valence-electron chi connectivity index (χ3n) is 4.28. The summed E-state index contributed by atoms with van der Waals surface area (Å²) in [6, 6.07) is 7.95. The van der Waals surface area contributed by atoms with Crippen LogP contribution in [0.5, 0.6) is 0 Å². The van der Waals surface area contributed by atoms with Crippen LogP contribution < -0.4 is 5.32 Å². The predicted molar refractivity (Wildman–Crippen MR) is 85.7 cm³/mol. The molecule has 2 aliphatic rings. The fourth-order valence-corrected chi connectivity index (χ4v) is 5.53. The van der Waals surface area contributed by atoms with Crippen LogP contribution in [-0.2, 0) is 20.3 Å². The minimum Gasteiger partial charge on any atom is -0.347 e. The van der Waals surface area contributed by atoms with E-state index in [1.165, 1.54) is 0 Å². The SMILES string of the molecule is CNC1CCC2(CC1S(=O)c1cccc(Br)c1)OCCO2. The summed E-state index contributed by atoms with van der Waals surface area (Å²) >= 11 is 3.45. The quantitative estimate of drug-likeness (QED) is 0.883. The molecule has 0 aromatic heterocycles. The number of halogens is 1. The summed E-state index contributed by atoms with van der Waals surface area (Å²) < 4.78 is 25.6. The first-order chi connectivity index (χ1) is 10.1. The van der Waals surface area contributed by atoms with Crippen molar-refractivity contribution >= 4 is 26.7 Å². The van der Waals surface area contributed by atoms with E-state index in [-0.39, 0.29) is 11.3 Å². The highest BCUT2D eigenvalue weighted by Crippen LogP contribution is 2.39. The van der Waals surface area contributed by atoms with E-state index in [9.17, 15) is 4.21 Å². The van der Waals surface area contributed by atoms with Gasteiger partial charge in [0.1, 0.15) is 0 Å². The Morgan fingerprint density at radius 3 is 2.81 bits per heavy atom. The Labute approximate surface area is 136 Å². The lowest BCUT2D eigenvalue weighted by Crippen LogP contribution is -2.51. The number of ether oxygens (including phenoxy) is 2. The molecule has 3 unspecified atom stereocenters. The second kappa shape index (κ2) is 6.46. The van der Waals surface area contributed by atoms with E-state index in [2.05, 4.69) is 21.2 Å². The van der Waals surface area contributed by atoms with Crippen molar-refractivity contribution in [2.75, 3.05) is 20.3 Å². The molecule has 6 heteroatoms. The molecule has 2 fully saturated rings. The number of hydrogen-bond donors (Lipinski definition) is 1. The summed E-state index contributed by atoms with van der Waals surface area (Å²) in [5.74, 6) is -0.514. The lowest BCUT2D eigenvalue weighted by molar-refractivity contribution is -0.178. The lowest BCUT2D eigenvalue weighted by Gasteiger charge is -2.40. The summed E-state index contributed by atoms with van der Waals surface area (Å²) in [4.78, 5) is 0.852. The first-order valence-corrected chi connectivity index (χ1v) is 9.25. The van der Waals surface area contributed by atoms with Gasteiger partial charge < -0.3 is 14.8 Å². The van der Waals surface area contributed by atoms with Crippen molar-refractivity contribution in [3.63, 3.8) is 0 Å². The maximum absolute atomic E-state index is 13.0. The third-order valence-corrected chi connectivity index (χ3v) is 6.54. The summed E-state index contributed by atoms with van der Waals surface area (Å²) in [5, 5.41) is 3.31. The van der Waals surface area contributed by atoms with Crippen molar-refractivity contribution < 1.29 is 13.7 Å². The normalized spacial score (nSPS) is 29.6. The van der Waals surface area contributed by atoms with Crippen molar-refractivity contribution in [1.82, 2.24) is 5.32 Å². The fraction of sp³-hybridized carbons (Fsp3) is 0.600. The van der Waals surface area contributed by atoms with Gasteiger partial charge in [0.15, 0.2) is 5.79 Å². The van der Waals surface area contributed by atoms with Gasteiger partial charge in [0.25, 0.3) is 0 Å². The van der Waals surface area contributed by atoms with Gasteiger partial charge in [0.2, 0.25) is 0 Å². The fourth-order valence-electron chi connectivity index (χ4n) is 3.19. The molecule has 116 valence electrons. The summed E-state index contributed by atoms with van der Waals surface area (Å²) in [6.07, 6.45) is 2.46. The second-order valence-corrected chi connectivity index (χ2v) is 8.13. The third kappa shape index (κ3) is 3.24. The molecule has 4 nitrogen and oxygen atoms in total. The highest BCUT2D eigenvalue weighted by molar-refractivity contribution is 9.10. The standard InChI is InChI=1S/C15H20BrNO3S/c1-17-13-5-6-15(19-7-8-20-15)10-14(13)21(18)12-4-2-3-11(16)9-12/h2-4,9,13-14,17H,5-8,10H2,1H3. The van der Waals surface area contributed by atoms with Gasteiger partial charge in [0.05, 0.1) is 29.3 Å². The highest BCUT2D eigenvalue weighted by Gasteiger charge is 2.46. The minimum atomic E-state index is -1.08. The van der Waals surface area contributed by atoms with Gasteiger partial charge in [0, 0.05) is 28.3 Å². The van der Waals surface area contributed by atoms with Crippen LogP contribution in [0.4, 0.5) is 0 Å². The number of rotatable bonds is 3. The van der Waals surface area contributed by atoms with Crippen LogP contribution in [0, 0.1) is 0 Å². The topological polar surface area (TPSA) is 47.6 Å². The maximum atomic E-state index is 13.0. The molecular weight excluding hydrogens is 354 g/mol. The van der Waals surface area contributed by atoms with Crippen LogP contribution in [0.15, 0.2) is 33.6 Å². The van der Waals surface area contributed by atoms with Crippen molar-refractivity contribution in [2.45, 2.75) is 41.2 Å². The molecular formula is C15H20BrNO3S. The average Bonchev–Trinajstić information content (AvgIpc) is 2.94. The highest BCUT2D eigenvalue weighted by atomic mass is 79.9. The van der Waals surface area contributed by atoms with Gasteiger partial charge >= 0.3 is 0 Å². The van der Waals surface area contributed by atoms with E-state index in [4.69, 9.17) is 9.47 Å². The zero-order chi connectivity index (χ0) is 14.9. The molecule has 1 aliphatic carbocycles.